The second-order valence-corrected chi connectivity index (χ2v) is 8.34. The zero-order valence-corrected chi connectivity index (χ0v) is 17.6. The Morgan fingerprint density at radius 2 is 1.93 bits per heavy atom. The second-order valence-electron chi connectivity index (χ2n) is 7.38. The third-order valence-corrected chi connectivity index (χ3v) is 5.93. The molecule has 0 aliphatic carbocycles. The van der Waals surface area contributed by atoms with Gasteiger partial charge in [-0.15, -0.1) is 0 Å². The summed E-state index contributed by atoms with van der Waals surface area (Å²) in [4.78, 5) is 40.4. The van der Waals surface area contributed by atoms with Gasteiger partial charge in [0.05, 0.1) is 18.2 Å². The highest BCUT2D eigenvalue weighted by atomic mass is 32.2. The van der Waals surface area contributed by atoms with Crippen molar-refractivity contribution in [3.8, 4) is 5.75 Å². The van der Waals surface area contributed by atoms with Crippen molar-refractivity contribution in [1.82, 2.24) is 9.80 Å². The summed E-state index contributed by atoms with van der Waals surface area (Å²) >= 11 is 0.654. The van der Waals surface area contributed by atoms with Crippen molar-refractivity contribution in [2.75, 3.05) is 13.3 Å². The van der Waals surface area contributed by atoms with Crippen LogP contribution in [0.2, 0.25) is 0 Å². The van der Waals surface area contributed by atoms with Gasteiger partial charge in [0.15, 0.2) is 6.73 Å². The number of carbonyl (C=O) groups excluding carboxylic acids is 3. The van der Waals surface area contributed by atoms with Gasteiger partial charge >= 0.3 is 0 Å². The van der Waals surface area contributed by atoms with E-state index in [1.54, 1.807) is 17.0 Å². The number of hydrogen-bond acceptors (Lipinski definition) is 6. The average Bonchev–Trinajstić information content (AvgIpc) is 3.00. The van der Waals surface area contributed by atoms with Gasteiger partial charge < -0.3 is 14.4 Å². The minimum absolute atomic E-state index is 0.103. The number of carbonyl (C=O) groups is 3. The van der Waals surface area contributed by atoms with Gasteiger partial charge in [0.2, 0.25) is 11.3 Å². The largest absolute Gasteiger partial charge is 0.472 e. The van der Waals surface area contributed by atoms with Crippen LogP contribution in [0.3, 0.4) is 0 Å². The molecule has 2 aliphatic heterocycles. The lowest BCUT2D eigenvalue weighted by molar-refractivity contribution is -0.131. The first-order valence-corrected chi connectivity index (χ1v) is 10.5. The molecule has 2 aromatic rings. The van der Waals surface area contributed by atoms with E-state index < -0.39 is 6.23 Å². The molecule has 2 aromatic carbocycles. The van der Waals surface area contributed by atoms with E-state index in [0.29, 0.717) is 23.1 Å². The van der Waals surface area contributed by atoms with Gasteiger partial charge in [0.25, 0.3) is 11.1 Å². The number of hydrogen-bond donors (Lipinski definition) is 0. The second kappa shape index (κ2) is 8.49. The maximum Gasteiger partial charge on any atom is 0.292 e. The highest BCUT2D eigenvalue weighted by Gasteiger charge is 2.41. The van der Waals surface area contributed by atoms with Crippen LogP contribution in [-0.2, 0) is 16.1 Å². The normalized spacial score (nSPS) is 19.7. The van der Waals surface area contributed by atoms with Crippen LogP contribution in [0.4, 0.5) is 4.79 Å². The zero-order valence-electron chi connectivity index (χ0n) is 16.7. The number of amides is 2. The molecule has 0 aromatic heterocycles. The fourth-order valence-corrected chi connectivity index (χ4v) is 4.19. The summed E-state index contributed by atoms with van der Waals surface area (Å²) in [6, 6.07) is 14.6. The van der Waals surface area contributed by atoms with Gasteiger partial charge in [-0.1, -0.05) is 42.0 Å². The summed E-state index contributed by atoms with van der Waals surface area (Å²) in [6.45, 7) is 4.25. The van der Waals surface area contributed by atoms with Crippen LogP contribution in [0, 0.1) is 6.92 Å². The fraction of sp³-hybridized carbons (Fsp3) is 0.318. The van der Waals surface area contributed by atoms with Crippen LogP contribution in [-0.4, -0.2) is 51.7 Å². The molecule has 4 rings (SSSR count). The summed E-state index contributed by atoms with van der Waals surface area (Å²) in [7, 11) is 0. The summed E-state index contributed by atoms with van der Waals surface area (Å²) in [6.07, 6.45) is -0.972. The van der Waals surface area contributed by atoms with Crippen molar-refractivity contribution in [3.63, 3.8) is 0 Å². The van der Waals surface area contributed by atoms with Gasteiger partial charge in [-0.25, -0.2) is 0 Å². The Morgan fingerprint density at radius 3 is 2.70 bits per heavy atom. The number of fused-ring (bicyclic) bond motifs is 1. The van der Waals surface area contributed by atoms with Gasteiger partial charge in [-0.3, -0.25) is 19.3 Å². The van der Waals surface area contributed by atoms with Crippen LogP contribution < -0.4 is 4.74 Å². The standard InChI is InChI=1S/C22H22N2O5S/c1-14-8-9-18-17(10-14)19(25)24(13-29-18)15(2)12-28-20-21(26)30-22(27)23(20)11-16-6-4-3-5-7-16/h3-10,15,20H,11-13H2,1-2H3. The van der Waals surface area contributed by atoms with Crippen molar-refractivity contribution in [3.05, 3.63) is 65.2 Å². The minimum Gasteiger partial charge on any atom is -0.472 e. The number of nitrogens with zero attached hydrogens (tertiary/aromatic N) is 2. The predicted molar refractivity (Wildman–Crippen MR) is 112 cm³/mol. The number of ether oxygens (including phenoxy) is 2. The van der Waals surface area contributed by atoms with Crippen molar-refractivity contribution >= 4 is 28.0 Å². The van der Waals surface area contributed by atoms with Gasteiger partial charge in [-0.05, 0) is 31.5 Å². The van der Waals surface area contributed by atoms with E-state index >= 15 is 0 Å². The Balaban J connectivity index is 1.42. The lowest BCUT2D eigenvalue weighted by Crippen LogP contribution is -2.47. The Labute approximate surface area is 178 Å². The lowest BCUT2D eigenvalue weighted by atomic mass is 10.1. The molecule has 1 fully saturated rings. The smallest absolute Gasteiger partial charge is 0.292 e. The van der Waals surface area contributed by atoms with Crippen LogP contribution in [0.25, 0.3) is 0 Å². The van der Waals surface area contributed by atoms with Crippen molar-refractivity contribution in [2.45, 2.75) is 32.7 Å². The Morgan fingerprint density at radius 1 is 1.17 bits per heavy atom. The quantitative estimate of drug-likeness (QED) is 0.705. The topological polar surface area (TPSA) is 76.2 Å². The van der Waals surface area contributed by atoms with Gasteiger partial charge in [0, 0.05) is 18.3 Å². The van der Waals surface area contributed by atoms with E-state index in [4.69, 9.17) is 9.47 Å². The van der Waals surface area contributed by atoms with E-state index in [-0.39, 0.29) is 42.2 Å². The maximum absolute atomic E-state index is 12.9. The number of aryl methyl sites for hydroxylation is 1. The molecule has 2 atom stereocenters. The number of benzene rings is 2. The molecular formula is C22H22N2O5S. The molecule has 2 amide bonds. The Kier molecular flexibility index (Phi) is 5.78. The van der Waals surface area contributed by atoms with Crippen LogP contribution in [0.5, 0.6) is 5.75 Å². The molecule has 2 heterocycles. The van der Waals surface area contributed by atoms with Crippen molar-refractivity contribution in [1.29, 1.82) is 0 Å². The molecule has 2 unspecified atom stereocenters. The van der Waals surface area contributed by atoms with Crippen LogP contribution >= 0.6 is 11.8 Å². The lowest BCUT2D eigenvalue weighted by Gasteiger charge is -2.34. The molecule has 0 bridgehead atoms. The molecule has 0 spiro atoms. The highest BCUT2D eigenvalue weighted by molar-refractivity contribution is 8.26. The molecule has 0 saturated carbocycles. The van der Waals surface area contributed by atoms with E-state index in [0.717, 1.165) is 11.1 Å². The predicted octanol–water partition coefficient (Wildman–Crippen LogP) is 3.41. The number of rotatable bonds is 6. The molecular weight excluding hydrogens is 404 g/mol. The molecule has 156 valence electrons. The maximum atomic E-state index is 12.9. The first-order valence-electron chi connectivity index (χ1n) is 9.66. The first-order chi connectivity index (χ1) is 14.4. The van der Waals surface area contributed by atoms with Gasteiger partial charge in [-0.2, -0.15) is 0 Å². The van der Waals surface area contributed by atoms with Crippen molar-refractivity contribution in [2.24, 2.45) is 0 Å². The molecule has 8 heteroatoms. The molecule has 0 radical (unpaired) electrons. The van der Waals surface area contributed by atoms with E-state index in [1.165, 1.54) is 4.90 Å². The van der Waals surface area contributed by atoms with E-state index in [2.05, 4.69) is 0 Å². The molecule has 30 heavy (non-hydrogen) atoms. The molecule has 7 nitrogen and oxygen atoms in total. The summed E-state index contributed by atoms with van der Waals surface area (Å²) in [5, 5.41) is -0.673. The zero-order chi connectivity index (χ0) is 21.3. The summed E-state index contributed by atoms with van der Waals surface area (Å²) in [5.74, 6) is 0.428. The first kappa shape index (κ1) is 20.4. The third-order valence-electron chi connectivity index (χ3n) is 5.12. The average molecular weight is 426 g/mol. The highest BCUT2D eigenvalue weighted by Crippen LogP contribution is 2.30. The Bertz CT molecular complexity index is 981. The SMILES string of the molecule is Cc1ccc2c(c1)C(=O)N(C(C)COC1C(=O)SC(=O)N1Cc1ccccc1)CO2. The van der Waals surface area contributed by atoms with E-state index in [1.807, 2.05) is 50.2 Å². The van der Waals surface area contributed by atoms with Crippen molar-refractivity contribution < 1.29 is 23.9 Å². The van der Waals surface area contributed by atoms with E-state index in [9.17, 15) is 14.4 Å². The monoisotopic (exact) mass is 426 g/mol. The molecule has 2 aliphatic rings. The van der Waals surface area contributed by atoms with Crippen LogP contribution in [0.1, 0.15) is 28.4 Å². The fourth-order valence-electron chi connectivity index (χ4n) is 3.44. The minimum atomic E-state index is -0.972. The molecule has 1 saturated heterocycles. The van der Waals surface area contributed by atoms with Crippen LogP contribution in [0.15, 0.2) is 48.5 Å². The number of thioether (sulfide) groups is 1. The Hall–Kier alpha value is -2.84. The summed E-state index contributed by atoms with van der Waals surface area (Å²) in [5.41, 5.74) is 2.40. The third kappa shape index (κ3) is 4.06. The molecule has 0 N–H and O–H groups in total. The van der Waals surface area contributed by atoms with Gasteiger partial charge in [0.1, 0.15) is 5.75 Å². The summed E-state index contributed by atoms with van der Waals surface area (Å²) < 4.78 is 11.5.